The highest BCUT2D eigenvalue weighted by molar-refractivity contribution is 7.89. The molecule has 0 aliphatic carbocycles. The molecule has 1 fully saturated rings. The zero-order chi connectivity index (χ0) is 13.7. The van der Waals surface area contributed by atoms with Gasteiger partial charge in [0.1, 0.15) is 5.75 Å². The quantitative estimate of drug-likeness (QED) is 0.913. The zero-order valence-electron chi connectivity index (χ0n) is 11.5. The fraction of sp³-hybridized carbons (Fsp3) is 0.538. The number of benzene rings is 1. The van der Waals surface area contributed by atoms with Crippen LogP contribution in [0.5, 0.6) is 5.75 Å². The van der Waals surface area contributed by atoms with E-state index in [0.29, 0.717) is 36.9 Å². The molecule has 1 aromatic carbocycles. The molecule has 1 aliphatic rings. The molecule has 7 heteroatoms. The normalized spacial score (nSPS) is 17.1. The third-order valence-electron chi connectivity index (χ3n) is 3.07. The van der Waals surface area contributed by atoms with Crippen molar-refractivity contribution in [1.29, 1.82) is 0 Å². The van der Waals surface area contributed by atoms with Gasteiger partial charge in [-0.1, -0.05) is 0 Å². The van der Waals surface area contributed by atoms with Gasteiger partial charge in [0, 0.05) is 19.6 Å². The van der Waals surface area contributed by atoms with Crippen LogP contribution in [0, 0.1) is 0 Å². The van der Waals surface area contributed by atoms with Gasteiger partial charge < -0.3 is 10.1 Å². The maximum Gasteiger partial charge on any atom is 0.243 e. The van der Waals surface area contributed by atoms with Gasteiger partial charge in [-0.15, -0.1) is 12.4 Å². The summed E-state index contributed by atoms with van der Waals surface area (Å²) in [5, 5.41) is 3.20. The molecule has 0 bridgehead atoms. The molecule has 0 spiro atoms. The molecule has 1 heterocycles. The molecule has 114 valence electrons. The fourth-order valence-corrected chi connectivity index (χ4v) is 3.56. The number of halogens is 1. The van der Waals surface area contributed by atoms with E-state index in [1.54, 1.807) is 28.6 Å². The minimum absolute atomic E-state index is 0. The van der Waals surface area contributed by atoms with Gasteiger partial charge in [0.2, 0.25) is 10.0 Å². The van der Waals surface area contributed by atoms with Crippen molar-refractivity contribution in [2.45, 2.75) is 18.2 Å². The largest absolute Gasteiger partial charge is 0.494 e. The molecule has 5 nitrogen and oxygen atoms in total. The molecule has 2 rings (SSSR count). The predicted octanol–water partition coefficient (Wildman–Crippen LogP) is 1.49. The lowest BCUT2D eigenvalue weighted by molar-refractivity contribution is 0.340. The van der Waals surface area contributed by atoms with Crippen molar-refractivity contribution in [3.8, 4) is 5.75 Å². The third kappa shape index (κ3) is 4.09. The Kier molecular flexibility index (Phi) is 6.75. The molecular weight excluding hydrogens is 300 g/mol. The van der Waals surface area contributed by atoms with E-state index in [2.05, 4.69) is 5.32 Å². The molecule has 20 heavy (non-hydrogen) atoms. The second kappa shape index (κ2) is 7.83. The van der Waals surface area contributed by atoms with Crippen LogP contribution in [0.1, 0.15) is 13.3 Å². The van der Waals surface area contributed by atoms with Crippen LogP contribution in [-0.2, 0) is 10.0 Å². The Morgan fingerprint density at radius 3 is 2.55 bits per heavy atom. The zero-order valence-corrected chi connectivity index (χ0v) is 13.2. The molecule has 1 aliphatic heterocycles. The number of nitrogens with one attached hydrogen (secondary N) is 1. The first-order valence-electron chi connectivity index (χ1n) is 6.58. The average molecular weight is 321 g/mol. The lowest BCUT2D eigenvalue weighted by Crippen LogP contribution is -2.34. The van der Waals surface area contributed by atoms with Crippen LogP contribution >= 0.6 is 12.4 Å². The highest BCUT2D eigenvalue weighted by Crippen LogP contribution is 2.20. The van der Waals surface area contributed by atoms with E-state index < -0.39 is 10.0 Å². The SMILES string of the molecule is CCOc1ccc(S(=O)(=O)N2CCCNCC2)cc1.Cl. The molecule has 0 aromatic heterocycles. The van der Waals surface area contributed by atoms with Crippen molar-refractivity contribution in [2.24, 2.45) is 0 Å². The Balaban J connectivity index is 0.00000200. The van der Waals surface area contributed by atoms with E-state index in [4.69, 9.17) is 4.74 Å². The number of sulfonamides is 1. The molecule has 0 amide bonds. The van der Waals surface area contributed by atoms with E-state index in [9.17, 15) is 8.42 Å². The summed E-state index contributed by atoms with van der Waals surface area (Å²) < 4.78 is 31.8. The van der Waals surface area contributed by atoms with Gasteiger partial charge in [0.05, 0.1) is 11.5 Å². The van der Waals surface area contributed by atoms with Crippen molar-refractivity contribution in [2.75, 3.05) is 32.8 Å². The average Bonchev–Trinajstić information content (AvgIpc) is 2.69. The van der Waals surface area contributed by atoms with Crippen LogP contribution in [0.15, 0.2) is 29.2 Å². The number of hydrogen-bond acceptors (Lipinski definition) is 4. The number of rotatable bonds is 4. The van der Waals surface area contributed by atoms with Gasteiger partial charge in [-0.05, 0) is 44.2 Å². The lowest BCUT2D eigenvalue weighted by atomic mass is 10.3. The maximum atomic E-state index is 12.5. The fourth-order valence-electron chi connectivity index (χ4n) is 2.08. The minimum Gasteiger partial charge on any atom is -0.494 e. The summed E-state index contributed by atoms with van der Waals surface area (Å²) >= 11 is 0. The molecule has 0 atom stereocenters. The first-order chi connectivity index (χ1) is 9.14. The van der Waals surface area contributed by atoms with Crippen LogP contribution in [0.2, 0.25) is 0 Å². The highest BCUT2D eigenvalue weighted by Gasteiger charge is 2.24. The van der Waals surface area contributed by atoms with Crippen molar-refractivity contribution in [3.63, 3.8) is 0 Å². The van der Waals surface area contributed by atoms with Crippen LogP contribution in [-0.4, -0.2) is 45.5 Å². The molecular formula is C13H21ClN2O3S. The minimum atomic E-state index is -3.38. The Labute approximate surface area is 126 Å². The molecule has 1 saturated heterocycles. The summed E-state index contributed by atoms with van der Waals surface area (Å²) in [5.74, 6) is 0.694. The van der Waals surface area contributed by atoms with Gasteiger partial charge in [-0.25, -0.2) is 8.42 Å². The summed E-state index contributed by atoms with van der Waals surface area (Å²) in [6.07, 6.45) is 0.844. The van der Waals surface area contributed by atoms with E-state index in [1.165, 1.54) is 0 Å². The Morgan fingerprint density at radius 1 is 1.20 bits per heavy atom. The Morgan fingerprint density at radius 2 is 1.90 bits per heavy atom. The molecule has 1 aromatic rings. The van der Waals surface area contributed by atoms with Gasteiger partial charge in [0.25, 0.3) is 0 Å². The monoisotopic (exact) mass is 320 g/mol. The van der Waals surface area contributed by atoms with Crippen molar-refractivity contribution >= 4 is 22.4 Å². The molecule has 0 unspecified atom stereocenters. The Hall–Kier alpha value is -0.820. The van der Waals surface area contributed by atoms with E-state index in [-0.39, 0.29) is 12.4 Å². The standard InChI is InChI=1S/C13H20N2O3S.ClH/c1-2-18-12-4-6-13(7-5-12)19(16,17)15-10-3-8-14-9-11-15;/h4-7,14H,2-3,8-11H2,1H3;1H. The number of nitrogens with zero attached hydrogens (tertiary/aromatic N) is 1. The maximum absolute atomic E-state index is 12.5. The summed E-state index contributed by atoms with van der Waals surface area (Å²) in [7, 11) is -3.38. The van der Waals surface area contributed by atoms with Crippen molar-refractivity contribution < 1.29 is 13.2 Å². The molecule has 0 saturated carbocycles. The number of hydrogen-bond donors (Lipinski definition) is 1. The van der Waals surface area contributed by atoms with Gasteiger partial charge in [-0.2, -0.15) is 4.31 Å². The second-order valence-corrected chi connectivity index (χ2v) is 6.35. The predicted molar refractivity (Wildman–Crippen MR) is 81.1 cm³/mol. The molecule has 0 radical (unpaired) electrons. The third-order valence-corrected chi connectivity index (χ3v) is 4.98. The first kappa shape index (κ1) is 17.2. The van der Waals surface area contributed by atoms with E-state index in [0.717, 1.165) is 13.0 Å². The van der Waals surface area contributed by atoms with Gasteiger partial charge in [0.15, 0.2) is 0 Å². The Bertz CT molecular complexity index is 497. The van der Waals surface area contributed by atoms with Gasteiger partial charge >= 0.3 is 0 Å². The highest BCUT2D eigenvalue weighted by atomic mass is 35.5. The topological polar surface area (TPSA) is 58.6 Å². The van der Waals surface area contributed by atoms with Crippen molar-refractivity contribution in [1.82, 2.24) is 9.62 Å². The van der Waals surface area contributed by atoms with Crippen LogP contribution in [0.3, 0.4) is 0 Å². The first-order valence-corrected chi connectivity index (χ1v) is 8.02. The van der Waals surface area contributed by atoms with Crippen molar-refractivity contribution in [3.05, 3.63) is 24.3 Å². The smallest absolute Gasteiger partial charge is 0.243 e. The second-order valence-electron chi connectivity index (χ2n) is 4.41. The summed E-state index contributed by atoms with van der Waals surface area (Å²) in [6, 6.07) is 6.62. The summed E-state index contributed by atoms with van der Waals surface area (Å²) in [4.78, 5) is 0.331. The van der Waals surface area contributed by atoms with Gasteiger partial charge in [-0.3, -0.25) is 0 Å². The number of ether oxygens (including phenoxy) is 1. The summed E-state index contributed by atoms with van der Waals surface area (Å²) in [5.41, 5.74) is 0. The molecule has 1 N–H and O–H groups in total. The van der Waals surface area contributed by atoms with Crippen LogP contribution < -0.4 is 10.1 Å². The van der Waals surface area contributed by atoms with E-state index >= 15 is 0 Å². The lowest BCUT2D eigenvalue weighted by Gasteiger charge is -2.19. The summed E-state index contributed by atoms with van der Waals surface area (Å²) in [6.45, 7) is 5.14. The van der Waals surface area contributed by atoms with Crippen LogP contribution in [0.25, 0.3) is 0 Å². The van der Waals surface area contributed by atoms with Crippen LogP contribution in [0.4, 0.5) is 0 Å². The van der Waals surface area contributed by atoms with E-state index in [1.807, 2.05) is 6.92 Å².